The Hall–Kier alpha value is -1.90. The van der Waals surface area contributed by atoms with Gasteiger partial charge in [-0.3, -0.25) is 9.10 Å². The van der Waals surface area contributed by atoms with Crippen LogP contribution in [0.3, 0.4) is 0 Å². The Morgan fingerprint density at radius 1 is 1.23 bits per heavy atom. The van der Waals surface area contributed by atoms with Gasteiger partial charge in [-0.05, 0) is 67.9 Å². The molecule has 8 heteroatoms. The van der Waals surface area contributed by atoms with E-state index < -0.39 is 10.0 Å². The van der Waals surface area contributed by atoms with Gasteiger partial charge in [-0.25, -0.2) is 8.42 Å². The standard InChI is InChI=1S/C22H31N3O3S2/c1-3-19-8-4-5-15-25(19)16-7-14-23-22(26)18-10-12-20(13-11-18)24(2)30(27,28)21-9-6-17-29-21/h6,9-13,17,19H,3-5,7-8,14-16H2,1-2H3,(H,23,26)/t19-/m0/s1. The number of carbonyl (C=O) groups is 1. The van der Waals surface area contributed by atoms with Gasteiger partial charge in [0.1, 0.15) is 4.21 Å². The van der Waals surface area contributed by atoms with Crippen molar-refractivity contribution in [3.8, 4) is 0 Å². The van der Waals surface area contributed by atoms with Gasteiger partial charge in [0.15, 0.2) is 0 Å². The van der Waals surface area contributed by atoms with Gasteiger partial charge in [-0.1, -0.05) is 19.4 Å². The highest BCUT2D eigenvalue weighted by atomic mass is 32.2. The number of rotatable bonds is 9. The predicted octanol–water partition coefficient (Wildman–Crippen LogP) is 3.96. The van der Waals surface area contributed by atoms with E-state index in [0.717, 1.165) is 19.5 Å². The molecule has 0 spiro atoms. The molecule has 164 valence electrons. The molecule has 1 amide bonds. The second-order valence-electron chi connectivity index (χ2n) is 7.65. The Morgan fingerprint density at radius 3 is 2.67 bits per heavy atom. The third-order valence-corrected chi connectivity index (χ3v) is 8.89. The van der Waals surface area contributed by atoms with Crippen molar-refractivity contribution in [2.45, 2.75) is 49.3 Å². The first-order valence-corrected chi connectivity index (χ1v) is 12.9. The molecular weight excluding hydrogens is 418 g/mol. The van der Waals surface area contributed by atoms with Gasteiger partial charge in [0.2, 0.25) is 0 Å². The molecule has 0 aliphatic carbocycles. The summed E-state index contributed by atoms with van der Waals surface area (Å²) in [5.74, 6) is -0.129. The van der Waals surface area contributed by atoms with Gasteiger partial charge in [0.05, 0.1) is 5.69 Å². The van der Waals surface area contributed by atoms with Crippen LogP contribution in [-0.2, 0) is 10.0 Å². The minimum atomic E-state index is -3.57. The van der Waals surface area contributed by atoms with Crippen LogP contribution in [0, 0.1) is 0 Å². The lowest BCUT2D eigenvalue weighted by atomic mass is 10.00. The number of sulfonamides is 1. The van der Waals surface area contributed by atoms with Gasteiger partial charge in [-0.15, -0.1) is 11.3 Å². The minimum Gasteiger partial charge on any atom is -0.352 e. The zero-order valence-corrected chi connectivity index (χ0v) is 19.3. The van der Waals surface area contributed by atoms with Crippen LogP contribution in [0.5, 0.6) is 0 Å². The van der Waals surface area contributed by atoms with E-state index in [9.17, 15) is 13.2 Å². The maximum absolute atomic E-state index is 12.6. The molecule has 2 heterocycles. The molecule has 2 aromatic rings. The van der Waals surface area contributed by atoms with Crippen molar-refractivity contribution in [1.82, 2.24) is 10.2 Å². The first kappa shape index (κ1) is 22.8. The SMILES string of the molecule is CC[C@H]1CCCCN1CCCNC(=O)c1ccc(N(C)S(=O)(=O)c2cccs2)cc1. The lowest BCUT2D eigenvalue weighted by Gasteiger charge is -2.35. The molecule has 0 saturated carbocycles. The van der Waals surface area contributed by atoms with Crippen LogP contribution in [0.25, 0.3) is 0 Å². The molecule has 1 aliphatic rings. The summed E-state index contributed by atoms with van der Waals surface area (Å²) in [7, 11) is -2.05. The van der Waals surface area contributed by atoms with Crippen molar-refractivity contribution in [2.75, 3.05) is 31.0 Å². The smallest absolute Gasteiger partial charge is 0.273 e. The number of carbonyl (C=O) groups excluding carboxylic acids is 1. The second kappa shape index (κ2) is 10.4. The third-order valence-electron chi connectivity index (χ3n) is 5.73. The molecular formula is C22H31N3O3S2. The zero-order valence-electron chi connectivity index (χ0n) is 17.7. The summed E-state index contributed by atoms with van der Waals surface area (Å²) in [6.45, 7) is 5.07. The van der Waals surface area contributed by atoms with E-state index in [4.69, 9.17) is 0 Å². The highest BCUT2D eigenvalue weighted by Crippen LogP contribution is 2.25. The maximum Gasteiger partial charge on any atom is 0.273 e. The van der Waals surface area contributed by atoms with Crippen molar-refractivity contribution in [1.29, 1.82) is 0 Å². The Bertz CT molecular complexity index is 912. The fourth-order valence-corrected chi connectivity index (χ4v) is 6.27. The normalized spacial score (nSPS) is 17.6. The lowest BCUT2D eigenvalue weighted by molar-refractivity contribution is 0.0947. The largest absolute Gasteiger partial charge is 0.352 e. The van der Waals surface area contributed by atoms with Crippen LogP contribution in [0.15, 0.2) is 46.0 Å². The van der Waals surface area contributed by atoms with E-state index in [-0.39, 0.29) is 5.91 Å². The van der Waals surface area contributed by atoms with Gasteiger partial charge in [0, 0.05) is 31.7 Å². The number of likely N-dealkylation sites (tertiary alicyclic amines) is 1. The van der Waals surface area contributed by atoms with E-state index >= 15 is 0 Å². The van der Waals surface area contributed by atoms with Crippen molar-refractivity contribution in [2.24, 2.45) is 0 Å². The number of amides is 1. The third kappa shape index (κ3) is 5.42. The van der Waals surface area contributed by atoms with E-state index in [1.807, 2.05) is 0 Å². The van der Waals surface area contributed by atoms with Crippen molar-refractivity contribution < 1.29 is 13.2 Å². The summed E-state index contributed by atoms with van der Waals surface area (Å²) in [5.41, 5.74) is 1.06. The van der Waals surface area contributed by atoms with Crippen LogP contribution in [-0.4, -0.2) is 51.9 Å². The highest BCUT2D eigenvalue weighted by Gasteiger charge is 2.22. The molecule has 1 aliphatic heterocycles. The van der Waals surface area contributed by atoms with Crippen molar-refractivity contribution in [3.63, 3.8) is 0 Å². The van der Waals surface area contributed by atoms with Gasteiger partial charge >= 0.3 is 0 Å². The number of hydrogen-bond donors (Lipinski definition) is 1. The molecule has 3 rings (SSSR count). The fraction of sp³-hybridized carbons (Fsp3) is 0.500. The number of thiophene rings is 1. The summed E-state index contributed by atoms with van der Waals surface area (Å²) >= 11 is 1.19. The molecule has 0 radical (unpaired) electrons. The molecule has 1 saturated heterocycles. The maximum atomic E-state index is 12.6. The van der Waals surface area contributed by atoms with E-state index in [0.29, 0.717) is 28.0 Å². The van der Waals surface area contributed by atoms with Crippen molar-refractivity contribution in [3.05, 3.63) is 47.3 Å². The molecule has 1 N–H and O–H groups in total. The summed E-state index contributed by atoms with van der Waals surface area (Å²) in [4.78, 5) is 15.0. The second-order valence-corrected chi connectivity index (χ2v) is 10.8. The Kier molecular flexibility index (Phi) is 7.91. The number of piperidine rings is 1. The number of nitrogens with one attached hydrogen (secondary N) is 1. The van der Waals surface area contributed by atoms with Gasteiger partial charge < -0.3 is 10.2 Å². The van der Waals surface area contributed by atoms with E-state index in [1.54, 1.807) is 41.8 Å². The summed E-state index contributed by atoms with van der Waals surface area (Å²) in [5, 5.41) is 4.71. The van der Waals surface area contributed by atoms with Gasteiger partial charge in [-0.2, -0.15) is 0 Å². The molecule has 6 nitrogen and oxygen atoms in total. The van der Waals surface area contributed by atoms with Crippen LogP contribution < -0.4 is 9.62 Å². The van der Waals surface area contributed by atoms with Crippen molar-refractivity contribution >= 4 is 33.0 Å². The molecule has 1 aromatic heterocycles. The van der Waals surface area contributed by atoms with Crippen LogP contribution >= 0.6 is 11.3 Å². The first-order chi connectivity index (χ1) is 14.4. The monoisotopic (exact) mass is 449 g/mol. The predicted molar refractivity (Wildman–Crippen MR) is 123 cm³/mol. The molecule has 0 bridgehead atoms. The van der Waals surface area contributed by atoms with E-state index in [2.05, 4.69) is 17.1 Å². The van der Waals surface area contributed by atoms with Crippen LogP contribution in [0.1, 0.15) is 49.4 Å². The molecule has 1 fully saturated rings. The van der Waals surface area contributed by atoms with Crippen LogP contribution in [0.4, 0.5) is 5.69 Å². The quantitative estimate of drug-likeness (QED) is 0.589. The summed E-state index contributed by atoms with van der Waals surface area (Å²) < 4.78 is 26.8. The molecule has 1 atom stereocenters. The number of benzene rings is 1. The molecule has 30 heavy (non-hydrogen) atoms. The fourth-order valence-electron chi connectivity index (χ4n) is 3.91. The lowest BCUT2D eigenvalue weighted by Crippen LogP contribution is -2.40. The number of nitrogens with zero attached hydrogens (tertiary/aromatic N) is 2. The minimum absolute atomic E-state index is 0.129. The molecule has 0 unspecified atom stereocenters. The van der Waals surface area contributed by atoms with Gasteiger partial charge in [0.25, 0.3) is 15.9 Å². The number of hydrogen-bond acceptors (Lipinski definition) is 5. The Morgan fingerprint density at radius 2 is 2.00 bits per heavy atom. The van der Waals surface area contributed by atoms with E-state index in [1.165, 1.54) is 48.4 Å². The average molecular weight is 450 g/mol. The first-order valence-electron chi connectivity index (χ1n) is 10.6. The summed E-state index contributed by atoms with van der Waals surface area (Å²) in [6, 6.07) is 10.7. The zero-order chi connectivity index (χ0) is 21.6. The molecule has 1 aromatic carbocycles. The highest BCUT2D eigenvalue weighted by molar-refractivity contribution is 7.94. The average Bonchev–Trinajstić information content (AvgIpc) is 3.32. The topological polar surface area (TPSA) is 69.7 Å². The Labute approximate surface area is 183 Å². The van der Waals surface area contributed by atoms with Crippen LogP contribution in [0.2, 0.25) is 0 Å². The Balaban J connectivity index is 1.50. The number of anilines is 1. The summed E-state index contributed by atoms with van der Waals surface area (Å²) in [6.07, 6.45) is 6.00.